The first kappa shape index (κ1) is 14.7. The maximum atomic E-state index is 12.2. The van der Waals surface area contributed by atoms with Gasteiger partial charge in [-0.25, -0.2) is 4.68 Å². The highest BCUT2D eigenvalue weighted by atomic mass is 32.2. The van der Waals surface area contributed by atoms with Gasteiger partial charge < -0.3 is 0 Å². The van der Waals surface area contributed by atoms with Crippen LogP contribution >= 0.6 is 24.0 Å². The van der Waals surface area contributed by atoms with Crippen LogP contribution in [0.25, 0.3) is 11.8 Å². The van der Waals surface area contributed by atoms with Gasteiger partial charge in [-0.3, -0.25) is 9.69 Å². The Bertz CT molecular complexity index is 767. The van der Waals surface area contributed by atoms with Crippen LogP contribution in [-0.4, -0.2) is 36.7 Å². The molecule has 0 bridgehead atoms. The molecule has 0 saturated carbocycles. The van der Waals surface area contributed by atoms with Gasteiger partial charge in [0.2, 0.25) is 0 Å². The van der Waals surface area contributed by atoms with Crippen molar-refractivity contribution in [2.45, 2.75) is 0 Å². The van der Waals surface area contributed by atoms with E-state index in [1.807, 2.05) is 30.3 Å². The number of carbonyl (C=O) groups excluding carboxylic acids is 1. The van der Waals surface area contributed by atoms with Crippen LogP contribution in [-0.2, 0) is 4.79 Å². The number of hydrogen-bond donors (Lipinski definition) is 0. The van der Waals surface area contributed by atoms with Crippen LogP contribution in [0.15, 0.2) is 54.1 Å². The molecule has 110 valence electrons. The zero-order chi connectivity index (χ0) is 15.5. The number of hydrogen-bond acceptors (Lipinski definition) is 5. The van der Waals surface area contributed by atoms with Gasteiger partial charge in [-0.05, 0) is 18.2 Å². The number of para-hydroxylation sites is 1. The van der Waals surface area contributed by atoms with Crippen molar-refractivity contribution in [3.63, 3.8) is 0 Å². The molecule has 0 radical (unpaired) electrons. The van der Waals surface area contributed by atoms with Crippen molar-refractivity contribution in [3.8, 4) is 5.69 Å². The quantitative estimate of drug-likeness (QED) is 0.491. The van der Waals surface area contributed by atoms with E-state index in [4.69, 9.17) is 12.2 Å². The molecular weight excluding hydrogens is 316 g/mol. The smallest absolute Gasteiger partial charge is 0.266 e. The lowest BCUT2D eigenvalue weighted by Crippen LogP contribution is -2.27. The summed E-state index contributed by atoms with van der Waals surface area (Å²) in [5.74, 6) is -0.121. The van der Waals surface area contributed by atoms with Gasteiger partial charge in [0.1, 0.15) is 10.0 Å². The van der Waals surface area contributed by atoms with E-state index in [2.05, 4.69) is 16.9 Å². The largest absolute Gasteiger partial charge is 0.289 e. The highest BCUT2D eigenvalue weighted by Gasteiger charge is 2.31. The SMILES string of the molecule is C=CCN1C(=O)/C(=C\c2cn(-c3ccccc3)nn2)SC1=S. The molecule has 1 amide bonds. The van der Waals surface area contributed by atoms with E-state index in [9.17, 15) is 4.79 Å². The Morgan fingerprint density at radius 3 is 2.82 bits per heavy atom. The van der Waals surface area contributed by atoms with Crippen LogP contribution in [0.4, 0.5) is 0 Å². The predicted molar refractivity (Wildman–Crippen MR) is 91.4 cm³/mol. The number of rotatable bonds is 4. The standard InChI is InChI=1S/C15H12N4OS2/c1-2-8-18-14(20)13(22-15(18)21)9-11-10-19(17-16-11)12-6-4-3-5-7-12/h2-7,9-10H,1,8H2/b13-9+. The summed E-state index contributed by atoms with van der Waals surface area (Å²) in [6.45, 7) is 4.05. The summed E-state index contributed by atoms with van der Waals surface area (Å²) in [6, 6.07) is 9.66. The summed E-state index contributed by atoms with van der Waals surface area (Å²) < 4.78 is 2.20. The molecule has 7 heteroatoms. The van der Waals surface area contributed by atoms with E-state index in [0.717, 1.165) is 5.69 Å². The second kappa shape index (κ2) is 6.25. The molecule has 1 fully saturated rings. The second-order valence-electron chi connectivity index (χ2n) is 4.50. The van der Waals surface area contributed by atoms with E-state index < -0.39 is 0 Å². The van der Waals surface area contributed by atoms with Gasteiger partial charge >= 0.3 is 0 Å². The van der Waals surface area contributed by atoms with Crippen molar-refractivity contribution in [2.75, 3.05) is 6.54 Å². The molecule has 0 atom stereocenters. The van der Waals surface area contributed by atoms with E-state index in [1.165, 1.54) is 16.7 Å². The maximum Gasteiger partial charge on any atom is 0.266 e. The lowest BCUT2D eigenvalue weighted by atomic mass is 10.3. The average Bonchev–Trinajstić information content (AvgIpc) is 3.09. The zero-order valence-corrected chi connectivity index (χ0v) is 13.2. The van der Waals surface area contributed by atoms with E-state index in [-0.39, 0.29) is 5.91 Å². The van der Waals surface area contributed by atoms with Crippen LogP contribution in [0.1, 0.15) is 5.69 Å². The summed E-state index contributed by atoms with van der Waals surface area (Å²) in [5.41, 5.74) is 1.52. The number of thioether (sulfide) groups is 1. The molecule has 2 heterocycles. The minimum Gasteiger partial charge on any atom is -0.289 e. The molecule has 1 aliphatic heterocycles. The number of aromatic nitrogens is 3. The van der Waals surface area contributed by atoms with Gasteiger partial charge in [-0.1, -0.05) is 53.5 Å². The van der Waals surface area contributed by atoms with Crippen LogP contribution < -0.4 is 0 Å². The Morgan fingerprint density at radius 1 is 1.32 bits per heavy atom. The van der Waals surface area contributed by atoms with Crippen molar-refractivity contribution in [2.24, 2.45) is 0 Å². The lowest BCUT2D eigenvalue weighted by molar-refractivity contribution is -0.121. The first-order chi connectivity index (χ1) is 10.7. The molecule has 0 N–H and O–H groups in total. The fraction of sp³-hybridized carbons (Fsp3) is 0.0667. The average molecular weight is 328 g/mol. The van der Waals surface area contributed by atoms with E-state index >= 15 is 0 Å². The minimum absolute atomic E-state index is 0.121. The first-order valence-electron chi connectivity index (χ1n) is 6.53. The molecule has 1 aromatic carbocycles. The Morgan fingerprint density at radius 2 is 2.09 bits per heavy atom. The minimum atomic E-state index is -0.121. The Balaban J connectivity index is 1.85. The number of thiocarbonyl (C=S) groups is 1. The highest BCUT2D eigenvalue weighted by Crippen LogP contribution is 2.32. The van der Waals surface area contributed by atoms with Gasteiger partial charge in [0.15, 0.2) is 0 Å². The first-order valence-corrected chi connectivity index (χ1v) is 7.75. The molecular formula is C15H12N4OS2. The maximum absolute atomic E-state index is 12.2. The molecule has 5 nitrogen and oxygen atoms in total. The molecule has 0 unspecified atom stereocenters. The van der Waals surface area contributed by atoms with Crippen molar-refractivity contribution < 1.29 is 4.79 Å². The summed E-state index contributed by atoms with van der Waals surface area (Å²) in [4.78, 5) is 14.3. The normalized spacial score (nSPS) is 16.5. The zero-order valence-electron chi connectivity index (χ0n) is 11.5. The number of benzene rings is 1. The molecule has 3 rings (SSSR count). The van der Waals surface area contributed by atoms with Crippen LogP contribution in [0.2, 0.25) is 0 Å². The Kier molecular flexibility index (Phi) is 4.17. The molecule has 0 aliphatic carbocycles. The third-order valence-electron chi connectivity index (χ3n) is 3.00. The number of carbonyl (C=O) groups is 1. The summed E-state index contributed by atoms with van der Waals surface area (Å²) >= 11 is 6.46. The van der Waals surface area contributed by atoms with Crippen LogP contribution in [0, 0.1) is 0 Å². The molecule has 2 aromatic rings. The van der Waals surface area contributed by atoms with Crippen LogP contribution in [0.3, 0.4) is 0 Å². The Labute approximate surface area is 137 Å². The van der Waals surface area contributed by atoms with E-state index in [0.29, 0.717) is 21.5 Å². The van der Waals surface area contributed by atoms with Gasteiger partial charge in [0.25, 0.3) is 5.91 Å². The van der Waals surface area contributed by atoms with Crippen molar-refractivity contribution in [1.82, 2.24) is 19.9 Å². The fourth-order valence-corrected chi connectivity index (χ4v) is 3.23. The second-order valence-corrected chi connectivity index (χ2v) is 6.18. The van der Waals surface area contributed by atoms with Gasteiger partial charge in [-0.2, -0.15) is 0 Å². The van der Waals surface area contributed by atoms with E-state index in [1.54, 1.807) is 23.0 Å². The van der Waals surface area contributed by atoms with Gasteiger partial charge in [0, 0.05) is 6.54 Å². The van der Waals surface area contributed by atoms with Crippen molar-refractivity contribution >= 4 is 40.3 Å². The van der Waals surface area contributed by atoms with Gasteiger partial charge in [0.05, 0.1) is 16.8 Å². The molecule has 22 heavy (non-hydrogen) atoms. The fourth-order valence-electron chi connectivity index (χ4n) is 1.97. The topological polar surface area (TPSA) is 51.0 Å². The van der Waals surface area contributed by atoms with Crippen LogP contribution in [0.5, 0.6) is 0 Å². The summed E-state index contributed by atoms with van der Waals surface area (Å²) in [6.07, 6.45) is 5.13. The van der Waals surface area contributed by atoms with Crippen molar-refractivity contribution in [3.05, 3.63) is 59.8 Å². The highest BCUT2D eigenvalue weighted by molar-refractivity contribution is 8.26. The number of nitrogens with zero attached hydrogens (tertiary/aromatic N) is 4. The summed E-state index contributed by atoms with van der Waals surface area (Å²) in [5, 5.41) is 8.14. The predicted octanol–water partition coefficient (Wildman–Crippen LogP) is 2.65. The lowest BCUT2D eigenvalue weighted by Gasteiger charge is -2.10. The number of amides is 1. The monoisotopic (exact) mass is 328 g/mol. The third kappa shape index (κ3) is 2.86. The summed E-state index contributed by atoms with van der Waals surface area (Å²) in [7, 11) is 0. The van der Waals surface area contributed by atoms with Crippen molar-refractivity contribution in [1.29, 1.82) is 0 Å². The molecule has 1 aromatic heterocycles. The third-order valence-corrected chi connectivity index (χ3v) is 4.37. The molecule has 0 spiro atoms. The van der Waals surface area contributed by atoms with Gasteiger partial charge in [-0.15, -0.1) is 11.7 Å². The molecule has 1 aliphatic rings. The Hall–Kier alpha value is -2.25. The molecule has 1 saturated heterocycles.